The van der Waals surface area contributed by atoms with Gasteiger partial charge in [-0.25, -0.2) is 4.98 Å². The molecule has 0 radical (unpaired) electrons. The second-order valence-electron chi connectivity index (χ2n) is 5.47. The highest BCUT2D eigenvalue weighted by atomic mass is 16.5. The SMILES string of the molecule is COC(C)(C)CCNc1ccc(-c2coc(C)n2)cc1. The van der Waals surface area contributed by atoms with Crippen LogP contribution >= 0.6 is 0 Å². The molecule has 0 unspecified atom stereocenters. The fourth-order valence-electron chi connectivity index (χ4n) is 1.86. The molecule has 0 amide bonds. The van der Waals surface area contributed by atoms with Crippen molar-refractivity contribution in [2.24, 2.45) is 0 Å². The summed E-state index contributed by atoms with van der Waals surface area (Å²) in [5.41, 5.74) is 2.94. The van der Waals surface area contributed by atoms with E-state index in [4.69, 9.17) is 9.15 Å². The van der Waals surface area contributed by atoms with Crippen LogP contribution in [0.1, 0.15) is 26.2 Å². The zero-order valence-corrected chi connectivity index (χ0v) is 12.6. The van der Waals surface area contributed by atoms with Gasteiger partial charge in [-0.1, -0.05) is 12.1 Å². The van der Waals surface area contributed by atoms with Crippen LogP contribution in [-0.4, -0.2) is 24.2 Å². The van der Waals surface area contributed by atoms with Crippen molar-refractivity contribution in [1.29, 1.82) is 0 Å². The van der Waals surface area contributed by atoms with Crippen molar-refractivity contribution in [3.05, 3.63) is 36.4 Å². The predicted octanol–water partition coefficient (Wildman–Crippen LogP) is 3.88. The number of benzene rings is 1. The summed E-state index contributed by atoms with van der Waals surface area (Å²) in [4.78, 5) is 4.31. The molecule has 2 aromatic rings. The fourth-order valence-corrected chi connectivity index (χ4v) is 1.86. The highest BCUT2D eigenvalue weighted by molar-refractivity contribution is 5.61. The lowest BCUT2D eigenvalue weighted by Crippen LogP contribution is -2.25. The first-order valence-corrected chi connectivity index (χ1v) is 6.82. The van der Waals surface area contributed by atoms with E-state index in [9.17, 15) is 0 Å². The lowest BCUT2D eigenvalue weighted by Gasteiger charge is -2.23. The van der Waals surface area contributed by atoms with Crippen molar-refractivity contribution in [2.45, 2.75) is 32.8 Å². The molecule has 108 valence electrons. The highest BCUT2D eigenvalue weighted by Gasteiger charge is 2.15. The van der Waals surface area contributed by atoms with Crippen molar-refractivity contribution in [1.82, 2.24) is 4.98 Å². The summed E-state index contributed by atoms with van der Waals surface area (Å²) in [7, 11) is 1.74. The Hall–Kier alpha value is -1.81. The third-order valence-electron chi connectivity index (χ3n) is 3.41. The normalized spacial score (nSPS) is 11.6. The van der Waals surface area contributed by atoms with Crippen molar-refractivity contribution >= 4 is 5.69 Å². The number of aromatic nitrogens is 1. The van der Waals surface area contributed by atoms with Gasteiger partial charge in [-0.2, -0.15) is 0 Å². The van der Waals surface area contributed by atoms with Crippen molar-refractivity contribution in [3.8, 4) is 11.3 Å². The molecule has 1 aromatic heterocycles. The summed E-state index contributed by atoms with van der Waals surface area (Å²) in [6, 6.07) is 8.19. The van der Waals surface area contributed by atoms with Gasteiger partial charge in [-0.15, -0.1) is 0 Å². The van der Waals surface area contributed by atoms with Crippen LogP contribution in [0.4, 0.5) is 5.69 Å². The Morgan fingerprint density at radius 3 is 2.50 bits per heavy atom. The third kappa shape index (κ3) is 3.84. The molecule has 1 heterocycles. The van der Waals surface area contributed by atoms with Gasteiger partial charge >= 0.3 is 0 Å². The standard InChI is InChI=1S/C16H22N2O2/c1-12-18-15(11-20-12)13-5-7-14(8-6-13)17-10-9-16(2,3)19-4/h5-8,11,17H,9-10H2,1-4H3. The van der Waals surface area contributed by atoms with Gasteiger partial charge in [0.25, 0.3) is 0 Å². The number of anilines is 1. The van der Waals surface area contributed by atoms with Crippen LogP contribution in [0.5, 0.6) is 0 Å². The Kier molecular flexibility index (Phi) is 4.45. The van der Waals surface area contributed by atoms with Gasteiger partial charge in [0.2, 0.25) is 0 Å². The molecule has 0 bridgehead atoms. The fraction of sp³-hybridized carbons (Fsp3) is 0.438. The second kappa shape index (κ2) is 6.09. The minimum Gasteiger partial charge on any atom is -0.449 e. The molecule has 1 N–H and O–H groups in total. The van der Waals surface area contributed by atoms with Gasteiger partial charge in [-0.05, 0) is 32.4 Å². The predicted molar refractivity (Wildman–Crippen MR) is 80.9 cm³/mol. The van der Waals surface area contributed by atoms with E-state index in [0.29, 0.717) is 5.89 Å². The van der Waals surface area contributed by atoms with E-state index in [-0.39, 0.29) is 5.60 Å². The first kappa shape index (κ1) is 14.6. The van der Waals surface area contributed by atoms with Crippen LogP contribution in [0.15, 0.2) is 34.9 Å². The quantitative estimate of drug-likeness (QED) is 0.868. The molecular formula is C16H22N2O2. The van der Waals surface area contributed by atoms with E-state index in [1.807, 2.05) is 19.1 Å². The number of ether oxygens (including phenoxy) is 1. The molecule has 0 saturated heterocycles. The van der Waals surface area contributed by atoms with Crippen LogP contribution in [0, 0.1) is 6.92 Å². The molecule has 0 aliphatic heterocycles. The number of nitrogens with one attached hydrogen (secondary N) is 1. The molecular weight excluding hydrogens is 252 g/mol. The van der Waals surface area contributed by atoms with Crippen LogP contribution in [-0.2, 0) is 4.74 Å². The number of hydrogen-bond donors (Lipinski definition) is 1. The molecule has 0 atom stereocenters. The Morgan fingerprint density at radius 2 is 1.95 bits per heavy atom. The molecule has 0 aliphatic carbocycles. The maximum Gasteiger partial charge on any atom is 0.191 e. The number of hydrogen-bond acceptors (Lipinski definition) is 4. The van der Waals surface area contributed by atoms with Crippen LogP contribution in [0.25, 0.3) is 11.3 Å². The number of rotatable bonds is 6. The number of methoxy groups -OCH3 is 1. The number of oxazole rings is 1. The Bertz CT molecular complexity index is 544. The van der Waals surface area contributed by atoms with Gasteiger partial charge in [-0.3, -0.25) is 0 Å². The van der Waals surface area contributed by atoms with Gasteiger partial charge in [0.05, 0.1) is 5.60 Å². The highest BCUT2D eigenvalue weighted by Crippen LogP contribution is 2.21. The number of aryl methyl sites for hydroxylation is 1. The average molecular weight is 274 g/mol. The van der Waals surface area contributed by atoms with Crippen molar-refractivity contribution in [2.75, 3.05) is 19.0 Å². The minimum atomic E-state index is -0.0921. The van der Waals surface area contributed by atoms with E-state index >= 15 is 0 Å². The van der Waals surface area contributed by atoms with Gasteiger partial charge in [0.1, 0.15) is 12.0 Å². The second-order valence-corrected chi connectivity index (χ2v) is 5.47. The topological polar surface area (TPSA) is 47.3 Å². The summed E-state index contributed by atoms with van der Waals surface area (Å²) in [6.45, 7) is 6.90. The molecule has 4 nitrogen and oxygen atoms in total. The van der Waals surface area contributed by atoms with Gasteiger partial charge in [0, 0.05) is 31.8 Å². The summed E-state index contributed by atoms with van der Waals surface area (Å²) in [5.74, 6) is 0.684. The van der Waals surface area contributed by atoms with E-state index in [2.05, 4.69) is 36.3 Å². The molecule has 0 spiro atoms. The summed E-state index contributed by atoms with van der Waals surface area (Å²) >= 11 is 0. The van der Waals surface area contributed by atoms with Crippen LogP contribution in [0.3, 0.4) is 0 Å². The monoisotopic (exact) mass is 274 g/mol. The van der Waals surface area contributed by atoms with E-state index in [0.717, 1.165) is 29.9 Å². The minimum absolute atomic E-state index is 0.0921. The molecule has 1 aromatic carbocycles. The number of nitrogens with zero attached hydrogens (tertiary/aromatic N) is 1. The van der Waals surface area contributed by atoms with Gasteiger partial charge in [0.15, 0.2) is 5.89 Å². The van der Waals surface area contributed by atoms with Crippen LogP contribution < -0.4 is 5.32 Å². The first-order chi connectivity index (χ1) is 9.50. The van der Waals surface area contributed by atoms with Crippen molar-refractivity contribution < 1.29 is 9.15 Å². The molecule has 20 heavy (non-hydrogen) atoms. The van der Waals surface area contributed by atoms with E-state index in [1.165, 1.54) is 0 Å². The third-order valence-corrected chi connectivity index (χ3v) is 3.41. The van der Waals surface area contributed by atoms with Gasteiger partial charge < -0.3 is 14.5 Å². The maximum atomic E-state index is 5.40. The summed E-state index contributed by atoms with van der Waals surface area (Å²) < 4.78 is 10.6. The molecule has 4 heteroatoms. The molecule has 2 rings (SSSR count). The smallest absolute Gasteiger partial charge is 0.191 e. The lowest BCUT2D eigenvalue weighted by molar-refractivity contribution is 0.0185. The largest absolute Gasteiger partial charge is 0.449 e. The Labute approximate surface area is 120 Å². The Morgan fingerprint density at radius 1 is 1.25 bits per heavy atom. The Balaban J connectivity index is 1.92. The molecule has 0 saturated carbocycles. The lowest BCUT2D eigenvalue weighted by atomic mass is 10.1. The molecule has 0 fully saturated rings. The van der Waals surface area contributed by atoms with Crippen LogP contribution in [0.2, 0.25) is 0 Å². The van der Waals surface area contributed by atoms with E-state index < -0.39 is 0 Å². The summed E-state index contributed by atoms with van der Waals surface area (Å²) in [5, 5.41) is 3.40. The van der Waals surface area contributed by atoms with Crippen molar-refractivity contribution in [3.63, 3.8) is 0 Å². The first-order valence-electron chi connectivity index (χ1n) is 6.82. The van der Waals surface area contributed by atoms with E-state index in [1.54, 1.807) is 13.4 Å². The molecule has 0 aliphatic rings. The zero-order chi connectivity index (χ0) is 14.6. The zero-order valence-electron chi connectivity index (χ0n) is 12.6. The summed E-state index contributed by atoms with van der Waals surface area (Å²) in [6.07, 6.45) is 2.63. The maximum absolute atomic E-state index is 5.40. The average Bonchev–Trinajstić information content (AvgIpc) is 2.86.